The largest absolute Gasteiger partial charge is 0.369 e. The molecule has 1 amide bonds. The van der Waals surface area contributed by atoms with E-state index in [9.17, 15) is 4.79 Å². The van der Waals surface area contributed by atoms with Crippen LogP contribution in [0.5, 0.6) is 0 Å². The summed E-state index contributed by atoms with van der Waals surface area (Å²) in [6.45, 7) is 10.3. The van der Waals surface area contributed by atoms with Gasteiger partial charge in [-0.1, -0.05) is 19.0 Å². The van der Waals surface area contributed by atoms with E-state index in [4.69, 9.17) is 4.52 Å². The van der Waals surface area contributed by atoms with E-state index in [2.05, 4.69) is 52.2 Å². The minimum absolute atomic E-state index is 0.0971. The van der Waals surface area contributed by atoms with Gasteiger partial charge in [-0.25, -0.2) is 4.98 Å². The molecule has 0 radical (unpaired) electrons. The van der Waals surface area contributed by atoms with Gasteiger partial charge in [0.05, 0.1) is 11.6 Å². The highest BCUT2D eigenvalue weighted by atomic mass is 32.1. The van der Waals surface area contributed by atoms with Crippen molar-refractivity contribution in [3.8, 4) is 10.7 Å². The maximum Gasteiger partial charge on any atom is 0.263 e. The first kappa shape index (κ1) is 19.8. The quantitative estimate of drug-likeness (QED) is 0.690. The first-order valence-electron chi connectivity index (χ1n) is 10.0. The third-order valence-corrected chi connectivity index (χ3v) is 6.62. The van der Waals surface area contributed by atoms with Gasteiger partial charge in [0, 0.05) is 44.0 Å². The van der Waals surface area contributed by atoms with Gasteiger partial charge < -0.3 is 19.6 Å². The second-order valence-electron chi connectivity index (χ2n) is 8.04. The standard InChI is InChI=1S/C21H27N5O2S/c1-13(2)14(3)23-20(27)18-12-22-21(29-18)19-16-6-5-15(11-17(16)28-24-19)26-9-7-25(4)8-10-26/h5-6,11-14H,7-10H2,1-4H3,(H,23,27)/t14-/m1/s1. The van der Waals surface area contributed by atoms with Crippen molar-refractivity contribution >= 4 is 33.9 Å². The molecule has 0 saturated carbocycles. The van der Waals surface area contributed by atoms with Crippen molar-refractivity contribution in [3.05, 3.63) is 29.3 Å². The molecule has 4 rings (SSSR count). The molecule has 1 aliphatic rings. The topological polar surface area (TPSA) is 74.5 Å². The molecular weight excluding hydrogens is 386 g/mol. The molecule has 3 aromatic rings. The Balaban J connectivity index is 1.54. The first-order valence-corrected chi connectivity index (χ1v) is 10.8. The summed E-state index contributed by atoms with van der Waals surface area (Å²) in [5.41, 5.74) is 2.58. The molecule has 1 atom stereocenters. The zero-order chi connectivity index (χ0) is 20.5. The van der Waals surface area contributed by atoms with Crippen molar-refractivity contribution in [2.24, 2.45) is 5.92 Å². The number of piperazine rings is 1. The highest BCUT2D eigenvalue weighted by Gasteiger charge is 2.20. The van der Waals surface area contributed by atoms with E-state index in [1.54, 1.807) is 6.20 Å². The average molecular weight is 414 g/mol. The molecule has 1 saturated heterocycles. The van der Waals surface area contributed by atoms with Crippen LogP contribution in [0.3, 0.4) is 0 Å². The summed E-state index contributed by atoms with van der Waals surface area (Å²) in [7, 11) is 2.15. The van der Waals surface area contributed by atoms with E-state index in [1.165, 1.54) is 11.3 Å². The molecule has 1 aliphatic heterocycles. The Kier molecular flexibility index (Phi) is 5.56. The predicted molar refractivity (Wildman–Crippen MR) is 117 cm³/mol. The van der Waals surface area contributed by atoms with E-state index >= 15 is 0 Å². The van der Waals surface area contributed by atoms with E-state index < -0.39 is 0 Å². The number of aromatic nitrogens is 2. The number of rotatable bonds is 5. The molecule has 7 nitrogen and oxygen atoms in total. The maximum atomic E-state index is 12.5. The summed E-state index contributed by atoms with van der Waals surface area (Å²) in [6.07, 6.45) is 1.61. The van der Waals surface area contributed by atoms with Crippen LogP contribution in [0, 0.1) is 5.92 Å². The molecule has 1 aromatic carbocycles. The number of nitrogens with zero attached hydrogens (tertiary/aromatic N) is 4. The Labute approximate surface area is 174 Å². The fourth-order valence-electron chi connectivity index (χ4n) is 3.27. The number of hydrogen-bond donors (Lipinski definition) is 1. The lowest BCUT2D eigenvalue weighted by molar-refractivity contribution is 0.0934. The van der Waals surface area contributed by atoms with Crippen LogP contribution in [-0.2, 0) is 0 Å². The zero-order valence-electron chi connectivity index (χ0n) is 17.3. The molecular formula is C21H27N5O2S. The molecule has 0 aliphatic carbocycles. The van der Waals surface area contributed by atoms with Crippen molar-refractivity contribution in [3.63, 3.8) is 0 Å². The Morgan fingerprint density at radius 3 is 2.69 bits per heavy atom. The lowest BCUT2D eigenvalue weighted by atomic mass is 10.1. The number of anilines is 1. The molecule has 0 bridgehead atoms. The van der Waals surface area contributed by atoms with Crippen LogP contribution in [0.2, 0.25) is 0 Å². The number of hydrogen-bond acceptors (Lipinski definition) is 7. The molecule has 29 heavy (non-hydrogen) atoms. The van der Waals surface area contributed by atoms with E-state index in [0.29, 0.717) is 21.5 Å². The number of carbonyl (C=O) groups excluding carboxylic acids is 1. The van der Waals surface area contributed by atoms with Gasteiger partial charge in [0.25, 0.3) is 5.91 Å². The minimum atomic E-state index is -0.0971. The van der Waals surface area contributed by atoms with Crippen LogP contribution in [-0.4, -0.2) is 60.2 Å². The van der Waals surface area contributed by atoms with Gasteiger partial charge in [0.15, 0.2) is 5.58 Å². The summed E-state index contributed by atoms with van der Waals surface area (Å²) in [6, 6.07) is 6.30. The first-order chi connectivity index (χ1) is 13.9. The van der Waals surface area contributed by atoms with Crippen LogP contribution in [0.1, 0.15) is 30.4 Å². The Hall–Kier alpha value is -2.45. The fraction of sp³-hybridized carbons (Fsp3) is 0.476. The molecule has 1 fully saturated rings. The lowest BCUT2D eigenvalue weighted by Gasteiger charge is -2.33. The molecule has 2 aromatic heterocycles. The van der Waals surface area contributed by atoms with Crippen molar-refractivity contribution in [1.29, 1.82) is 0 Å². The number of nitrogens with one attached hydrogen (secondary N) is 1. The van der Waals surface area contributed by atoms with Crippen LogP contribution < -0.4 is 10.2 Å². The lowest BCUT2D eigenvalue weighted by Crippen LogP contribution is -2.44. The summed E-state index contributed by atoms with van der Waals surface area (Å²) in [4.78, 5) is 22.2. The molecule has 8 heteroatoms. The fourth-order valence-corrected chi connectivity index (χ4v) is 4.09. The van der Waals surface area contributed by atoms with Crippen molar-refractivity contribution < 1.29 is 9.32 Å². The van der Waals surface area contributed by atoms with Gasteiger partial charge in [0.1, 0.15) is 15.6 Å². The second-order valence-corrected chi connectivity index (χ2v) is 9.07. The van der Waals surface area contributed by atoms with Crippen LogP contribution in [0.15, 0.2) is 28.9 Å². The highest BCUT2D eigenvalue weighted by Crippen LogP contribution is 2.33. The number of fused-ring (bicyclic) bond motifs is 1. The predicted octanol–water partition coefficient (Wildman–Crippen LogP) is 3.48. The Bertz CT molecular complexity index is 1000. The highest BCUT2D eigenvalue weighted by molar-refractivity contribution is 7.17. The van der Waals surface area contributed by atoms with Crippen LogP contribution in [0.25, 0.3) is 21.7 Å². The molecule has 0 unspecified atom stereocenters. The number of amides is 1. The summed E-state index contributed by atoms with van der Waals surface area (Å²) in [5, 5.41) is 8.87. The summed E-state index contributed by atoms with van der Waals surface area (Å²) < 4.78 is 5.60. The number of likely N-dealkylation sites (N-methyl/N-ethyl adjacent to an activating group) is 1. The Morgan fingerprint density at radius 1 is 1.21 bits per heavy atom. The van der Waals surface area contributed by atoms with Gasteiger partial charge in [0.2, 0.25) is 0 Å². The third-order valence-electron chi connectivity index (χ3n) is 5.61. The molecule has 154 valence electrons. The van der Waals surface area contributed by atoms with Crippen molar-refractivity contribution in [1.82, 2.24) is 20.4 Å². The van der Waals surface area contributed by atoms with E-state index in [1.807, 2.05) is 19.1 Å². The average Bonchev–Trinajstić information content (AvgIpc) is 3.34. The van der Waals surface area contributed by atoms with Gasteiger partial charge in [-0.15, -0.1) is 11.3 Å². The van der Waals surface area contributed by atoms with Crippen LogP contribution >= 0.6 is 11.3 Å². The van der Waals surface area contributed by atoms with Crippen LogP contribution in [0.4, 0.5) is 5.69 Å². The van der Waals surface area contributed by atoms with Crippen molar-refractivity contribution in [2.75, 3.05) is 38.1 Å². The number of thiazole rings is 1. The van der Waals surface area contributed by atoms with E-state index in [0.717, 1.165) is 42.8 Å². The minimum Gasteiger partial charge on any atom is -0.369 e. The summed E-state index contributed by atoms with van der Waals surface area (Å²) >= 11 is 1.34. The SMILES string of the molecule is CC(C)[C@@H](C)NC(=O)c1cnc(-c2noc3cc(N4CCN(C)CC4)ccc23)s1. The van der Waals surface area contributed by atoms with E-state index in [-0.39, 0.29) is 11.9 Å². The molecule has 1 N–H and O–H groups in total. The maximum absolute atomic E-state index is 12.5. The van der Waals surface area contributed by atoms with Gasteiger partial charge in [-0.3, -0.25) is 4.79 Å². The van der Waals surface area contributed by atoms with Gasteiger partial charge >= 0.3 is 0 Å². The monoisotopic (exact) mass is 413 g/mol. The normalized spacial score (nSPS) is 16.5. The zero-order valence-corrected chi connectivity index (χ0v) is 18.1. The summed E-state index contributed by atoms with van der Waals surface area (Å²) in [5.74, 6) is 0.278. The molecule has 3 heterocycles. The number of carbonyl (C=O) groups is 1. The van der Waals surface area contributed by atoms with Crippen molar-refractivity contribution in [2.45, 2.75) is 26.8 Å². The smallest absolute Gasteiger partial charge is 0.263 e. The Morgan fingerprint density at radius 2 is 1.97 bits per heavy atom. The number of benzene rings is 1. The molecule has 0 spiro atoms. The van der Waals surface area contributed by atoms with Gasteiger partial charge in [-0.2, -0.15) is 0 Å². The van der Waals surface area contributed by atoms with Gasteiger partial charge in [-0.05, 0) is 32.0 Å². The third kappa shape index (κ3) is 4.13. The second kappa shape index (κ2) is 8.12.